The number of halogens is 3. The van der Waals surface area contributed by atoms with E-state index in [1.807, 2.05) is 0 Å². The number of nitrogens with one attached hydrogen (secondary N) is 1. The number of aryl methyl sites for hydroxylation is 1. The average Bonchev–Trinajstić information content (AvgIpc) is 3.28. The van der Waals surface area contributed by atoms with Crippen LogP contribution in [0.2, 0.25) is 0 Å². The third kappa shape index (κ3) is 3.43. The molecule has 0 unspecified atom stereocenters. The number of thiazole rings is 1. The van der Waals surface area contributed by atoms with Crippen LogP contribution in [0.5, 0.6) is 0 Å². The van der Waals surface area contributed by atoms with Crippen molar-refractivity contribution in [2.45, 2.75) is 13.1 Å². The van der Waals surface area contributed by atoms with Crippen molar-refractivity contribution in [1.29, 1.82) is 0 Å². The molecule has 4 aromatic heterocycles. The number of pyridine rings is 2. The molecule has 0 aromatic carbocycles. The number of fused-ring (bicyclic) bond motifs is 1. The third-order valence-electron chi connectivity index (χ3n) is 3.87. The predicted octanol–water partition coefficient (Wildman–Crippen LogP) is 3.83. The van der Waals surface area contributed by atoms with E-state index in [1.165, 1.54) is 40.5 Å². The van der Waals surface area contributed by atoms with E-state index in [-0.39, 0.29) is 16.8 Å². The zero-order valence-corrected chi connectivity index (χ0v) is 15.0. The van der Waals surface area contributed by atoms with E-state index in [2.05, 4.69) is 25.5 Å². The summed E-state index contributed by atoms with van der Waals surface area (Å²) < 4.78 is 40.5. The molecule has 0 fully saturated rings. The number of alkyl halides is 3. The molecule has 7 nitrogen and oxygen atoms in total. The van der Waals surface area contributed by atoms with Crippen LogP contribution < -0.4 is 5.32 Å². The van der Waals surface area contributed by atoms with E-state index < -0.39 is 17.6 Å². The monoisotopic (exact) mass is 404 g/mol. The van der Waals surface area contributed by atoms with Crippen molar-refractivity contribution in [3.63, 3.8) is 0 Å². The van der Waals surface area contributed by atoms with E-state index in [1.54, 1.807) is 12.3 Å². The zero-order valence-electron chi connectivity index (χ0n) is 14.2. The standard InChI is InChI=1S/C17H11F3N6OS/c1-9-7-28-16(23-9)24-15(27)13-3-11(6-26-8-22-25-14(13)26)10-2-12(5-21-4-10)17(18,19)20/h2-8H,1H3,(H,23,24,27). The van der Waals surface area contributed by atoms with E-state index in [4.69, 9.17) is 0 Å². The largest absolute Gasteiger partial charge is 0.417 e. The van der Waals surface area contributed by atoms with Crippen LogP contribution >= 0.6 is 11.3 Å². The van der Waals surface area contributed by atoms with Gasteiger partial charge in [0, 0.05) is 35.1 Å². The molecule has 142 valence electrons. The summed E-state index contributed by atoms with van der Waals surface area (Å²) in [6.07, 6.45) is 0.430. The lowest BCUT2D eigenvalue weighted by molar-refractivity contribution is -0.137. The minimum Gasteiger partial charge on any atom is -0.298 e. The van der Waals surface area contributed by atoms with Crippen LogP contribution in [0.15, 0.2) is 42.4 Å². The highest BCUT2D eigenvalue weighted by Crippen LogP contribution is 2.32. The van der Waals surface area contributed by atoms with E-state index >= 15 is 0 Å². The van der Waals surface area contributed by atoms with Crippen molar-refractivity contribution in [3.8, 4) is 11.1 Å². The summed E-state index contributed by atoms with van der Waals surface area (Å²) in [6, 6.07) is 2.43. The van der Waals surface area contributed by atoms with Crippen LogP contribution in [0.3, 0.4) is 0 Å². The fourth-order valence-electron chi connectivity index (χ4n) is 2.59. The number of hydrogen-bond donors (Lipinski definition) is 1. The van der Waals surface area contributed by atoms with Crippen molar-refractivity contribution < 1.29 is 18.0 Å². The number of hydrogen-bond acceptors (Lipinski definition) is 6. The quantitative estimate of drug-likeness (QED) is 0.561. The molecule has 0 bridgehead atoms. The van der Waals surface area contributed by atoms with Crippen molar-refractivity contribution in [2.24, 2.45) is 0 Å². The van der Waals surface area contributed by atoms with E-state index in [0.717, 1.165) is 18.0 Å². The van der Waals surface area contributed by atoms with Gasteiger partial charge in [-0.1, -0.05) is 0 Å². The Morgan fingerprint density at radius 1 is 1.21 bits per heavy atom. The second-order valence-electron chi connectivity index (χ2n) is 5.91. The molecule has 4 aromatic rings. The lowest BCUT2D eigenvalue weighted by Crippen LogP contribution is -2.14. The molecular weight excluding hydrogens is 393 g/mol. The molecule has 0 saturated heterocycles. The summed E-state index contributed by atoms with van der Waals surface area (Å²) in [7, 11) is 0. The Morgan fingerprint density at radius 2 is 2.04 bits per heavy atom. The molecule has 0 aliphatic rings. The van der Waals surface area contributed by atoms with Gasteiger partial charge in [-0.15, -0.1) is 21.5 Å². The molecule has 0 atom stereocenters. The third-order valence-corrected chi connectivity index (χ3v) is 4.75. The van der Waals surface area contributed by atoms with Crippen molar-refractivity contribution in [2.75, 3.05) is 5.32 Å². The molecule has 0 aliphatic carbocycles. The molecule has 0 aliphatic heterocycles. The van der Waals surface area contributed by atoms with Crippen molar-refractivity contribution in [3.05, 3.63) is 59.3 Å². The number of rotatable bonds is 3. The van der Waals surface area contributed by atoms with Gasteiger partial charge in [0.1, 0.15) is 6.33 Å². The molecule has 1 N–H and O–H groups in total. The number of carbonyl (C=O) groups excluding carboxylic acids is 1. The summed E-state index contributed by atoms with van der Waals surface area (Å²) in [5.41, 5.74) is 0.889. The van der Waals surface area contributed by atoms with Crippen LogP contribution in [0, 0.1) is 6.92 Å². The maximum absolute atomic E-state index is 13.0. The number of anilines is 1. The fourth-order valence-corrected chi connectivity index (χ4v) is 3.27. The van der Waals surface area contributed by atoms with Crippen LogP contribution in [0.1, 0.15) is 21.6 Å². The predicted molar refractivity (Wildman–Crippen MR) is 96.0 cm³/mol. The van der Waals surface area contributed by atoms with Gasteiger partial charge in [-0.2, -0.15) is 13.2 Å². The molecule has 4 heterocycles. The lowest BCUT2D eigenvalue weighted by atomic mass is 10.1. The van der Waals surface area contributed by atoms with E-state index in [9.17, 15) is 18.0 Å². The van der Waals surface area contributed by atoms with Crippen molar-refractivity contribution in [1.82, 2.24) is 24.6 Å². The first-order valence-corrected chi connectivity index (χ1v) is 8.79. The van der Waals surface area contributed by atoms with Gasteiger partial charge in [0.25, 0.3) is 5.91 Å². The first-order valence-electron chi connectivity index (χ1n) is 7.91. The molecule has 0 spiro atoms. The van der Waals surface area contributed by atoms with E-state index in [0.29, 0.717) is 10.7 Å². The summed E-state index contributed by atoms with van der Waals surface area (Å²) in [4.78, 5) is 20.6. The molecule has 0 saturated carbocycles. The molecule has 1 amide bonds. The highest BCUT2D eigenvalue weighted by Gasteiger charge is 2.31. The topological polar surface area (TPSA) is 85.1 Å². The maximum Gasteiger partial charge on any atom is 0.417 e. The average molecular weight is 404 g/mol. The summed E-state index contributed by atoms with van der Waals surface area (Å²) in [5.74, 6) is -0.492. The Hall–Kier alpha value is -3.34. The minimum atomic E-state index is -4.52. The number of carbonyl (C=O) groups is 1. The highest BCUT2D eigenvalue weighted by molar-refractivity contribution is 7.13. The summed E-state index contributed by atoms with van der Waals surface area (Å²) in [5, 5.41) is 12.5. The Bertz CT molecular complexity index is 1180. The fraction of sp³-hybridized carbons (Fsp3) is 0.118. The van der Waals surface area contributed by atoms with Gasteiger partial charge < -0.3 is 0 Å². The molecule has 0 radical (unpaired) electrons. The minimum absolute atomic E-state index is 0.153. The van der Waals surface area contributed by atoms with Crippen LogP contribution in [-0.4, -0.2) is 30.5 Å². The molecule has 11 heteroatoms. The van der Waals surface area contributed by atoms with Gasteiger partial charge in [0.15, 0.2) is 10.8 Å². The maximum atomic E-state index is 13.0. The number of nitrogens with zero attached hydrogens (tertiary/aromatic N) is 5. The van der Waals surface area contributed by atoms with Crippen molar-refractivity contribution >= 4 is 28.0 Å². The summed E-state index contributed by atoms with van der Waals surface area (Å²) >= 11 is 1.26. The SMILES string of the molecule is Cc1csc(NC(=O)c2cc(-c3cncc(C(F)(F)F)c3)cn3cnnc23)n1. The second-order valence-corrected chi connectivity index (χ2v) is 6.77. The second kappa shape index (κ2) is 6.68. The van der Waals surface area contributed by atoms with Crippen LogP contribution in [0.4, 0.5) is 18.3 Å². The van der Waals surface area contributed by atoms with Gasteiger partial charge in [-0.3, -0.25) is 19.5 Å². The van der Waals surface area contributed by atoms with Gasteiger partial charge in [-0.25, -0.2) is 4.98 Å². The number of aromatic nitrogens is 5. The lowest BCUT2D eigenvalue weighted by Gasteiger charge is -2.10. The zero-order chi connectivity index (χ0) is 19.9. The van der Waals surface area contributed by atoms with Gasteiger partial charge in [-0.05, 0) is 19.1 Å². The Labute approximate surface area is 159 Å². The van der Waals surface area contributed by atoms with Gasteiger partial charge in [0.2, 0.25) is 0 Å². The molecular formula is C17H11F3N6OS. The first kappa shape index (κ1) is 18.0. The Kier molecular flexibility index (Phi) is 4.30. The number of amides is 1. The Morgan fingerprint density at radius 3 is 2.75 bits per heavy atom. The molecule has 4 rings (SSSR count). The van der Waals surface area contributed by atoms with Crippen LogP contribution in [-0.2, 0) is 6.18 Å². The highest BCUT2D eigenvalue weighted by atomic mass is 32.1. The van der Waals surface area contributed by atoms with Gasteiger partial charge >= 0.3 is 6.18 Å². The van der Waals surface area contributed by atoms with Crippen LogP contribution in [0.25, 0.3) is 16.8 Å². The summed E-state index contributed by atoms with van der Waals surface area (Å²) in [6.45, 7) is 1.80. The smallest absolute Gasteiger partial charge is 0.298 e. The Balaban J connectivity index is 1.78. The first-order chi connectivity index (χ1) is 13.3. The van der Waals surface area contributed by atoms with Gasteiger partial charge in [0.05, 0.1) is 16.8 Å². The molecule has 28 heavy (non-hydrogen) atoms. The normalized spacial score (nSPS) is 11.7.